The zero-order valence-electron chi connectivity index (χ0n) is 11.1. The van der Waals surface area contributed by atoms with Crippen LogP contribution < -0.4 is 16.2 Å². The Kier molecular flexibility index (Phi) is 2.74. The second-order valence-corrected chi connectivity index (χ2v) is 5.99. The third kappa shape index (κ3) is 2.18. The summed E-state index contributed by atoms with van der Waals surface area (Å²) < 4.78 is 5.84. The SMILES string of the molecule is Cc1ccc(C(N)=O)c(OC2CC3(CC(N)C3)C2)n1. The van der Waals surface area contributed by atoms with Crippen LogP contribution in [-0.4, -0.2) is 23.0 Å². The molecular weight excluding hydrogens is 242 g/mol. The van der Waals surface area contributed by atoms with E-state index in [1.165, 1.54) is 0 Å². The highest BCUT2D eigenvalue weighted by Gasteiger charge is 2.53. The highest BCUT2D eigenvalue weighted by atomic mass is 16.5. The molecule has 0 atom stereocenters. The fourth-order valence-corrected chi connectivity index (χ4v) is 3.34. The number of carbonyl (C=O) groups is 1. The molecule has 0 radical (unpaired) electrons. The Morgan fingerprint density at radius 2 is 2.05 bits per heavy atom. The Morgan fingerprint density at radius 1 is 1.37 bits per heavy atom. The fraction of sp³-hybridized carbons (Fsp3) is 0.571. The number of hydrogen-bond donors (Lipinski definition) is 2. The van der Waals surface area contributed by atoms with Crippen molar-refractivity contribution in [2.24, 2.45) is 16.9 Å². The summed E-state index contributed by atoms with van der Waals surface area (Å²) in [6.07, 6.45) is 4.34. The molecule has 1 spiro atoms. The summed E-state index contributed by atoms with van der Waals surface area (Å²) >= 11 is 0. The molecule has 0 unspecified atom stereocenters. The minimum atomic E-state index is -0.498. The van der Waals surface area contributed by atoms with Crippen LogP contribution in [0.15, 0.2) is 12.1 Å². The van der Waals surface area contributed by atoms with Gasteiger partial charge in [-0.15, -0.1) is 0 Å². The lowest BCUT2D eigenvalue weighted by atomic mass is 9.53. The maximum Gasteiger partial charge on any atom is 0.254 e. The first-order chi connectivity index (χ1) is 8.97. The zero-order chi connectivity index (χ0) is 13.6. The summed E-state index contributed by atoms with van der Waals surface area (Å²) in [7, 11) is 0. The zero-order valence-corrected chi connectivity index (χ0v) is 11.1. The van der Waals surface area contributed by atoms with E-state index in [2.05, 4.69) is 4.98 Å². The van der Waals surface area contributed by atoms with Gasteiger partial charge in [0.15, 0.2) is 0 Å². The number of primary amides is 1. The van der Waals surface area contributed by atoms with Gasteiger partial charge in [-0.2, -0.15) is 0 Å². The van der Waals surface area contributed by atoms with E-state index in [1.54, 1.807) is 12.1 Å². The van der Waals surface area contributed by atoms with Crippen molar-refractivity contribution in [2.75, 3.05) is 0 Å². The van der Waals surface area contributed by atoms with Crippen LogP contribution in [0.5, 0.6) is 5.88 Å². The molecule has 0 aromatic carbocycles. The molecule has 2 aliphatic carbocycles. The van der Waals surface area contributed by atoms with Crippen LogP contribution in [0.25, 0.3) is 0 Å². The highest BCUT2D eigenvalue weighted by molar-refractivity contribution is 5.95. The lowest BCUT2D eigenvalue weighted by molar-refractivity contribution is -0.0797. The van der Waals surface area contributed by atoms with Crippen LogP contribution in [-0.2, 0) is 0 Å². The molecule has 2 aliphatic rings. The van der Waals surface area contributed by atoms with Crippen molar-refractivity contribution >= 4 is 5.91 Å². The highest BCUT2D eigenvalue weighted by Crippen LogP contribution is 2.56. The van der Waals surface area contributed by atoms with Crippen LogP contribution in [0.2, 0.25) is 0 Å². The largest absolute Gasteiger partial charge is 0.474 e. The standard InChI is InChI=1S/C14H19N3O2/c1-8-2-3-11(12(16)18)13(17-8)19-10-6-14(7-10)4-9(15)5-14/h2-3,9-10H,4-7,15H2,1H3,(H2,16,18). The number of aromatic nitrogens is 1. The topological polar surface area (TPSA) is 91.2 Å². The molecule has 0 bridgehead atoms. The molecule has 2 saturated carbocycles. The third-order valence-corrected chi connectivity index (χ3v) is 4.26. The second-order valence-electron chi connectivity index (χ2n) is 5.99. The van der Waals surface area contributed by atoms with E-state index in [0.29, 0.717) is 22.9 Å². The minimum Gasteiger partial charge on any atom is -0.474 e. The predicted octanol–water partition coefficient (Wildman–Crippen LogP) is 1.14. The van der Waals surface area contributed by atoms with E-state index in [1.807, 2.05) is 6.92 Å². The molecule has 5 heteroatoms. The molecule has 5 nitrogen and oxygen atoms in total. The van der Waals surface area contributed by atoms with Crippen molar-refractivity contribution in [3.8, 4) is 5.88 Å². The molecule has 4 N–H and O–H groups in total. The quantitative estimate of drug-likeness (QED) is 0.853. The van der Waals surface area contributed by atoms with E-state index < -0.39 is 5.91 Å². The number of aryl methyl sites for hydroxylation is 1. The van der Waals surface area contributed by atoms with Gasteiger partial charge in [0.1, 0.15) is 11.7 Å². The van der Waals surface area contributed by atoms with Gasteiger partial charge in [0.25, 0.3) is 5.91 Å². The van der Waals surface area contributed by atoms with Gasteiger partial charge in [-0.1, -0.05) is 0 Å². The fourth-order valence-electron chi connectivity index (χ4n) is 3.34. The van der Waals surface area contributed by atoms with Crippen molar-refractivity contribution < 1.29 is 9.53 Å². The van der Waals surface area contributed by atoms with Crippen molar-refractivity contribution in [1.82, 2.24) is 4.98 Å². The maximum atomic E-state index is 11.3. The molecule has 1 aromatic heterocycles. The smallest absolute Gasteiger partial charge is 0.254 e. The normalized spacial score (nSPS) is 32.5. The van der Waals surface area contributed by atoms with Gasteiger partial charge >= 0.3 is 0 Å². The van der Waals surface area contributed by atoms with Crippen molar-refractivity contribution in [3.05, 3.63) is 23.4 Å². The van der Waals surface area contributed by atoms with E-state index in [-0.39, 0.29) is 6.10 Å². The molecule has 3 rings (SSSR count). The average Bonchev–Trinajstić information content (AvgIpc) is 2.23. The summed E-state index contributed by atoms with van der Waals surface area (Å²) in [6.45, 7) is 1.87. The van der Waals surface area contributed by atoms with Crippen LogP contribution in [0.1, 0.15) is 41.7 Å². The monoisotopic (exact) mass is 261 g/mol. The van der Waals surface area contributed by atoms with Gasteiger partial charge in [0.05, 0.1) is 0 Å². The number of carbonyl (C=O) groups excluding carboxylic acids is 1. The Labute approximate surface area is 112 Å². The number of pyridine rings is 1. The maximum absolute atomic E-state index is 11.3. The van der Waals surface area contributed by atoms with E-state index in [4.69, 9.17) is 16.2 Å². The van der Waals surface area contributed by atoms with Crippen LogP contribution >= 0.6 is 0 Å². The summed E-state index contributed by atoms with van der Waals surface area (Å²) in [5.41, 5.74) is 12.7. The average molecular weight is 261 g/mol. The van der Waals surface area contributed by atoms with Crippen molar-refractivity contribution in [2.45, 2.75) is 44.8 Å². The van der Waals surface area contributed by atoms with Crippen LogP contribution in [0, 0.1) is 12.3 Å². The number of ether oxygens (including phenoxy) is 1. The van der Waals surface area contributed by atoms with E-state index in [9.17, 15) is 4.79 Å². The lowest BCUT2D eigenvalue weighted by Crippen LogP contribution is -2.56. The lowest BCUT2D eigenvalue weighted by Gasteiger charge is -2.56. The van der Waals surface area contributed by atoms with E-state index in [0.717, 1.165) is 31.4 Å². The summed E-state index contributed by atoms with van der Waals surface area (Å²) in [6, 6.07) is 3.80. The summed E-state index contributed by atoms with van der Waals surface area (Å²) in [4.78, 5) is 15.6. The van der Waals surface area contributed by atoms with Crippen LogP contribution in [0.4, 0.5) is 0 Å². The van der Waals surface area contributed by atoms with Gasteiger partial charge < -0.3 is 16.2 Å². The Morgan fingerprint density at radius 3 is 2.63 bits per heavy atom. The van der Waals surface area contributed by atoms with Crippen molar-refractivity contribution in [3.63, 3.8) is 0 Å². The number of nitrogens with zero attached hydrogens (tertiary/aromatic N) is 1. The van der Waals surface area contributed by atoms with Crippen molar-refractivity contribution in [1.29, 1.82) is 0 Å². The number of nitrogens with two attached hydrogens (primary N) is 2. The summed E-state index contributed by atoms with van der Waals surface area (Å²) in [5, 5.41) is 0. The Balaban J connectivity index is 1.68. The molecule has 1 aromatic rings. The number of hydrogen-bond acceptors (Lipinski definition) is 4. The molecule has 0 saturated heterocycles. The van der Waals surface area contributed by atoms with Gasteiger partial charge in [0.2, 0.25) is 5.88 Å². The first-order valence-corrected chi connectivity index (χ1v) is 6.67. The molecule has 1 amide bonds. The first-order valence-electron chi connectivity index (χ1n) is 6.67. The minimum absolute atomic E-state index is 0.139. The molecule has 1 heterocycles. The number of rotatable bonds is 3. The molecule has 2 fully saturated rings. The van der Waals surface area contributed by atoms with E-state index >= 15 is 0 Å². The van der Waals surface area contributed by atoms with Gasteiger partial charge in [-0.3, -0.25) is 4.79 Å². The predicted molar refractivity (Wildman–Crippen MR) is 70.8 cm³/mol. The summed E-state index contributed by atoms with van der Waals surface area (Å²) in [5.74, 6) is -0.127. The molecule has 102 valence electrons. The molecular formula is C14H19N3O2. The number of amides is 1. The van der Waals surface area contributed by atoms with Crippen LogP contribution in [0.3, 0.4) is 0 Å². The third-order valence-electron chi connectivity index (χ3n) is 4.26. The first kappa shape index (κ1) is 12.4. The second kappa shape index (κ2) is 4.20. The molecule has 19 heavy (non-hydrogen) atoms. The Bertz CT molecular complexity index is 515. The molecule has 0 aliphatic heterocycles. The van der Waals surface area contributed by atoms with Gasteiger partial charge in [-0.05, 0) is 50.2 Å². The Hall–Kier alpha value is -1.62. The van der Waals surface area contributed by atoms with Gasteiger partial charge in [0, 0.05) is 11.7 Å². The van der Waals surface area contributed by atoms with Gasteiger partial charge in [-0.25, -0.2) is 4.98 Å².